The molecule has 0 fully saturated rings. The van der Waals surface area contributed by atoms with E-state index in [1.54, 1.807) is 19.9 Å². The number of carbonyl (C=O) groups is 2. The van der Waals surface area contributed by atoms with Crippen LogP contribution in [0.2, 0.25) is 0 Å². The maximum absolute atomic E-state index is 13.6. The normalized spacial score (nSPS) is 14.2. The molecule has 0 saturated heterocycles. The van der Waals surface area contributed by atoms with Crippen molar-refractivity contribution in [2.75, 3.05) is 18.4 Å². The fourth-order valence-electron chi connectivity index (χ4n) is 4.57. The van der Waals surface area contributed by atoms with Gasteiger partial charge in [0.1, 0.15) is 0 Å². The second kappa shape index (κ2) is 10.8. The molecule has 9 heteroatoms. The molecule has 9 nitrogen and oxygen atoms in total. The molecule has 2 heterocycles. The van der Waals surface area contributed by atoms with Gasteiger partial charge in [0.05, 0.1) is 21.7 Å². The minimum atomic E-state index is -1.06. The Bertz CT molecular complexity index is 1320. The molecule has 0 saturated carbocycles. The Morgan fingerprint density at radius 3 is 2.72 bits per heavy atom. The van der Waals surface area contributed by atoms with E-state index in [0.717, 1.165) is 42.7 Å². The maximum atomic E-state index is 13.6. The van der Waals surface area contributed by atoms with Crippen molar-refractivity contribution in [3.63, 3.8) is 0 Å². The summed E-state index contributed by atoms with van der Waals surface area (Å²) < 4.78 is 5.78. The molecule has 1 atom stereocenters. The topological polar surface area (TPSA) is 115 Å². The number of esters is 1. The average Bonchev–Trinajstić information content (AvgIpc) is 2.87. The Morgan fingerprint density at radius 1 is 1.22 bits per heavy atom. The lowest BCUT2D eigenvalue weighted by Crippen LogP contribution is -2.35. The summed E-state index contributed by atoms with van der Waals surface area (Å²) in [6, 6.07) is 11.7. The molecular formula is C27H30N4O5. The van der Waals surface area contributed by atoms with E-state index in [2.05, 4.69) is 17.1 Å². The Labute approximate surface area is 209 Å². The number of anilines is 1. The van der Waals surface area contributed by atoms with E-state index >= 15 is 0 Å². The monoisotopic (exact) mass is 490 g/mol. The van der Waals surface area contributed by atoms with Gasteiger partial charge in [0, 0.05) is 48.3 Å². The maximum Gasteiger partial charge on any atom is 0.340 e. The highest BCUT2D eigenvalue weighted by molar-refractivity contribution is 6.06. The number of benzene rings is 2. The molecule has 1 amide bonds. The summed E-state index contributed by atoms with van der Waals surface area (Å²) in [7, 11) is 0. The summed E-state index contributed by atoms with van der Waals surface area (Å²) in [5.41, 5.74) is 3.76. The highest BCUT2D eigenvalue weighted by Gasteiger charge is 2.29. The number of amides is 1. The molecular weight excluding hydrogens is 460 g/mol. The lowest BCUT2D eigenvalue weighted by molar-refractivity contribution is -0.384. The molecule has 0 aliphatic carbocycles. The third kappa shape index (κ3) is 5.21. The van der Waals surface area contributed by atoms with E-state index in [9.17, 15) is 19.7 Å². The number of para-hydroxylation sites is 1. The summed E-state index contributed by atoms with van der Waals surface area (Å²) in [5.74, 6) is -1.10. The smallest absolute Gasteiger partial charge is 0.340 e. The molecule has 1 unspecified atom stereocenters. The lowest BCUT2D eigenvalue weighted by Gasteiger charge is -2.30. The van der Waals surface area contributed by atoms with Crippen LogP contribution in [0.5, 0.6) is 0 Å². The molecule has 188 valence electrons. The van der Waals surface area contributed by atoms with Gasteiger partial charge in [-0.05, 0) is 37.9 Å². The van der Waals surface area contributed by atoms with Gasteiger partial charge in [-0.25, -0.2) is 4.79 Å². The number of hydrogen-bond donors (Lipinski definition) is 1. The van der Waals surface area contributed by atoms with Crippen molar-refractivity contribution in [2.45, 2.75) is 52.7 Å². The number of rotatable bonds is 8. The summed E-state index contributed by atoms with van der Waals surface area (Å²) in [4.78, 5) is 44.4. The van der Waals surface area contributed by atoms with Gasteiger partial charge in [-0.2, -0.15) is 0 Å². The number of hydrogen-bond acceptors (Lipinski definition) is 7. The van der Waals surface area contributed by atoms with Crippen LogP contribution in [0, 0.1) is 17.0 Å². The molecule has 1 aliphatic heterocycles. The number of ether oxygens (including phenoxy) is 1. The van der Waals surface area contributed by atoms with Crippen molar-refractivity contribution in [3.8, 4) is 0 Å². The third-order valence-electron chi connectivity index (χ3n) is 6.47. The van der Waals surface area contributed by atoms with E-state index in [1.165, 1.54) is 12.1 Å². The van der Waals surface area contributed by atoms with Crippen molar-refractivity contribution in [3.05, 3.63) is 75.0 Å². The third-order valence-corrected chi connectivity index (χ3v) is 6.47. The Morgan fingerprint density at radius 2 is 2.00 bits per heavy atom. The van der Waals surface area contributed by atoms with Crippen molar-refractivity contribution in [2.24, 2.45) is 0 Å². The van der Waals surface area contributed by atoms with Crippen molar-refractivity contribution < 1.29 is 19.2 Å². The van der Waals surface area contributed by atoms with Crippen molar-refractivity contribution in [1.82, 2.24) is 9.88 Å². The number of nitro benzene ring substituents is 1. The molecule has 1 aromatic heterocycles. The van der Waals surface area contributed by atoms with Gasteiger partial charge in [-0.15, -0.1) is 0 Å². The number of aromatic nitrogens is 1. The number of aryl methyl sites for hydroxylation is 1. The van der Waals surface area contributed by atoms with E-state index in [-0.39, 0.29) is 12.1 Å². The highest BCUT2D eigenvalue weighted by atomic mass is 16.6. The molecule has 3 aromatic rings. The van der Waals surface area contributed by atoms with E-state index in [0.29, 0.717) is 28.7 Å². The van der Waals surface area contributed by atoms with E-state index < -0.39 is 22.9 Å². The number of nitro groups is 1. The SMILES string of the molecule is CCCN1CCc2nc3ccccc3c(C(=O)OC(CC)C(=O)Nc3cc([N+](=O)[O-])ccc3C)c2C1. The van der Waals surface area contributed by atoms with Gasteiger partial charge in [0.25, 0.3) is 11.6 Å². The zero-order chi connectivity index (χ0) is 25.8. The summed E-state index contributed by atoms with van der Waals surface area (Å²) in [6.45, 7) is 8.01. The fourth-order valence-corrected chi connectivity index (χ4v) is 4.57. The standard InChI is InChI=1S/C27H30N4O5/c1-4-13-30-14-12-22-20(16-30)25(19-8-6-7-9-21(19)28-22)27(33)36-24(5-2)26(32)29-23-15-18(31(34)35)11-10-17(23)3/h6-11,15,24H,4-5,12-14,16H2,1-3H3,(H,29,32). The van der Waals surface area contributed by atoms with Crippen LogP contribution < -0.4 is 5.32 Å². The average molecular weight is 491 g/mol. The quantitative estimate of drug-likeness (QED) is 0.274. The molecule has 2 aromatic carbocycles. The van der Waals surface area contributed by atoms with E-state index in [1.807, 2.05) is 24.3 Å². The van der Waals surface area contributed by atoms with Crippen molar-refractivity contribution in [1.29, 1.82) is 0 Å². The van der Waals surface area contributed by atoms with Gasteiger partial charge >= 0.3 is 5.97 Å². The first-order valence-electron chi connectivity index (χ1n) is 12.2. The van der Waals surface area contributed by atoms with Crippen LogP contribution in [-0.2, 0) is 22.5 Å². The Balaban J connectivity index is 1.63. The first-order chi connectivity index (χ1) is 17.3. The van der Waals surface area contributed by atoms with Gasteiger partial charge < -0.3 is 10.1 Å². The van der Waals surface area contributed by atoms with Gasteiger partial charge in [-0.3, -0.25) is 24.8 Å². The number of nitrogens with zero attached hydrogens (tertiary/aromatic N) is 3. The predicted octanol–water partition coefficient (Wildman–Crippen LogP) is 4.79. The predicted molar refractivity (Wildman–Crippen MR) is 137 cm³/mol. The second-order valence-electron chi connectivity index (χ2n) is 9.00. The minimum absolute atomic E-state index is 0.132. The molecule has 36 heavy (non-hydrogen) atoms. The molecule has 0 radical (unpaired) electrons. The van der Waals surface area contributed by atoms with Crippen LogP contribution in [0.25, 0.3) is 10.9 Å². The zero-order valence-corrected chi connectivity index (χ0v) is 20.7. The van der Waals surface area contributed by atoms with E-state index in [4.69, 9.17) is 9.72 Å². The number of nitrogens with one attached hydrogen (secondary N) is 1. The van der Waals surface area contributed by atoms with Gasteiger partial charge in [-0.1, -0.05) is 38.1 Å². The van der Waals surface area contributed by atoms with Crippen LogP contribution in [0.3, 0.4) is 0 Å². The number of fused-ring (bicyclic) bond motifs is 2. The zero-order valence-electron chi connectivity index (χ0n) is 20.7. The second-order valence-corrected chi connectivity index (χ2v) is 9.00. The number of non-ortho nitro benzene ring substituents is 1. The number of pyridine rings is 1. The van der Waals surface area contributed by atoms with Crippen LogP contribution in [0.1, 0.15) is 53.9 Å². The largest absolute Gasteiger partial charge is 0.449 e. The summed E-state index contributed by atoms with van der Waals surface area (Å²) in [6.07, 6.45) is 0.933. The highest BCUT2D eigenvalue weighted by Crippen LogP contribution is 2.30. The van der Waals surface area contributed by atoms with Crippen LogP contribution in [-0.4, -0.2) is 45.9 Å². The van der Waals surface area contributed by atoms with Crippen LogP contribution in [0.15, 0.2) is 42.5 Å². The summed E-state index contributed by atoms with van der Waals surface area (Å²) >= 11 is 0. The molecule has 1 aliphatic rings. The van der Waals surface area contributed by atoms with Crippen molar-refractivity contribution >= 4 is 34.2 Å². The van der Waals surface area contributed by atoms with Crippen LogP contribution >= 0.6 is 0 Å². The first kappa shape index (κ1) is 25.2. The van der Waals surface area contributed by atoms with Gasteiger partial charge in [0.2, 0.25) is 0 Å². The molecule has 1 N–H and O–H groups in total. The number of carbonyl (C=O) groups excluding carboxylic acids is 2. The Kier molecular flexibility index (Phi) is 7.59. The molecule has 0 bridgehead atoms. The lowest BCUT2D eigenvalue weighted by atomic mass is 9.95. The Hall–Kier alpha value is -3.85. The van der Waals surface area contributed by atoms with Crippen LogP contribution in [0.4, 0.5) is 11.4 Å². The molecule has 4 rings (SSSR count). The molecule has 0 spiro atoms. The summed E-state index contributed by atoms with van der Waals surface area (Å²) in [5, 5.41) is 14.5. The minimum Gasteiger partial charge on any atom is -0.449 e. The first-order valence-corrected chi connectivity index (χ1v) is 12.2. The van der Waals surface area contributed by atoms with Gasteiger partial charge in [0.15, 0.2) is 6.10 Å². The fraction of sp³-hybridized carbons (Fsp3) is 0.370.